The van der Waals surface area contributed by atoms with Gasteiger partial charge in [-0.15, -0.1) is 0 Å². The molecule has 3 rings (SSSR count). The Balaban J connectivity index is 1.51. The van der Waals surface area contributed by atoms with E-state index in [1.807, 2.05) is 12.1 Å². The van der Waals surface area contributed by atoms with Crippen LogP contribution < -0.4 is 0 Å². The van der Waals surface area contributed by atoms with Crippen LogP contribution in [0, 0.1) is 0 Å². The molecule has 0 bridgehead atoms. The van der Waals surface area contributed by atoms with Gasteiger partial charge < -0.3 is 0 Å². The van der Waals surface area contributed by atoms with Gasteiger partial charge in [-0.05, 0) is 42.1 Å². The Morgan fingerprint density at radius 2 is 1.53 bits per heavy atom. The Kier molecular flexibility index (Phi) is 3.86. The number of halogens is 1. The third-order valence-electron chi connectivity index (χ3n) is 3.78. The number of hydrogen-bond donors (Lipinski definition) is 0. The number of hydrogen-bond acceptors (Lipinski definition) is 1. The van der Waals surface area contributed by atoms with Crippen LogP contribution in [0.5, 0.6) is 0 Å². The predicted molar refractivity (Wildman–Crippen MR) is 80.3 cm³/mol. The first-order valence-corrected chi connectivity index (χ1v) is 7.23. The fourth-order valence-corrected chi connectivity index (χ4v) is 2.99. The molecule has 0 saturated carbocycles. The summed E-state index contributed by atoms with van der Waals surface area (Å²) in [5.41, 5.74) is 4.24. The van der Waals surface area contributed by atoms with E-state index in [1.165, 1.54) is 16.7 Å². The van der Waals surface area contributed by atoms with Crippen molar-refractivity contribution in [2.45, 2.75) is 25.9 Å². The highest BCUT2D eigenvalue weighted by atomic mass is 35.5. The van der Waals surface area contributed by atoms with Crippen molar-refractivity contribution in [3.63, 3.8) is 0 Å². The lowest BCUT2D eigenvalue weighted by Gasteiger charge is -2.14. The molecule has 0 saturated heterocycles. The lowest BCUT2D eigenvalue weighted by molar-refractivity contribution is 0.280. The van der Waals surface area contributed by atoms with Crippen LogP contribution in [0.25, 0.3) is 0 Å². The van der Waals surface area contributed by atoms with Crippen molar-refractivity contribution in [2.75, 3.05) is 6.54 Å². The van der Waals surface area contributed by atoms with Crippen molar-refractivity contribution in [1.29, 1.82) is 0 Å². The van der Waals surface area contributed by atoms with Gasteiger partial charge in [-0.3, -0.25) is 4.90 Å². The summed E-state index contributed by atoms with van der Waals surface area (Å²) < 4.78 is 0. The van der Waals surface area contributed by atoms with E-state index in [0.717, 1.165) is 37.5 Å². The molecule has 0 radical (unpaired) electrons. The van der Waals surface area contributed by atoms with Crippen LogP contribution in [0.4, 0.5) is 0 Å². The summed E-state index contributed by atoms with van der Waals surface area (Å²) in [6.45, 7) is 3.33. The lowest BCUT2D eigenvalue weighted by Crippen LogP contribution is -2.18. The minimum absolute atomic E-state index is 0.896. The second-order valence-corrected chi connectivity index (χ2v) is 5.58. The number of benzene rings is 2. The molecule has 1 nitrogen and oxygen atoms in total. The Hall–Kier alpha value is -1.31. The summed E-state index contributed by atoms with van der Waals surface area (Å²) in [5, 5.41) is 0.896. The monoisotopic (exact) mass is 271 g/mol. The van der Waals surface area contributed by atoms with E-state index in [0.29, 0.717) is 0 Å². The molecule has 19 heavy (non-hydrogen) atoms. The quantitative estimate of drug-likeness (QED) is 0.802. The molecule has 0 aliphatic carbocycles. The largest absolute Gasteiger partial charge is 0.295 e. The van der Waals surface area contributed by atoms with Crippen LogP contribution in [0.2, 0.25) is 5.02 Å². The van der Waals surface area contributed by atoms with Crippen molar-refractivity contribution >= 4 is 11.6 Å². The van der Waals surface area contributed by atoms with Gasteiger partial charge in [0.2, 0.25) is 0 Å². The highest BCUT2D eigenvalue weighted by Crippen LogP contribution is 2.23. The van der Waals surface area contributed by atoms with Crippen LogP contribution in [0.1, 0.15) is 23.1 Å². The molecule has 2 aromatic rings. The molecule has 0 amide bonds. The molecule has 1 aliphatic rings. The normalized spacial score (nSPS) is 14.6. The molecule has 0 unspecified atom stereocenters. The number of fused-ring (bicyclic) bond motifs is 1. The van der Waals surface area contributed by atoms with Gasteiger partial charge in [0.15, 0.2) is 0 Å². The zero-order valence-electron chi connectivity index (χ0n) is 11.0. The van der Waals surface area contributed by atoms with Crippen LogP contribution >= 0.6 is 11.6 Å². The highest BCUT2D eigenvalue weighted by Gasteiger charge is 2.17. The molecule has 0 N–H and O–H groups in total. The number of rotatable bonds is 4. The standard InChI is InChI=1S/C17H18ClN/c18-17-10-4-3-6-14(17)9-5-11-19-12-15-7-1-2-8-16(15)13-19/h1-4,6-8,10H,5,9,11-13H2. The molecule has 0 fully saturated rings. The molecule has 0 aromatic heterocycles. The Morgan fingerprint density at radius 1 is 0.895 bits per heavy atom. The summed E-state index contributed by atoms with van der Waals surface area (Å²) in [7, 11) is 0. The highest BCUT2D eigenvalue weighted by molar-refractivity contribution is 6.31. The molecule has 98 valence electrons. The molecule has 2 heteroatoms. The summed E-state index contributed by atoms with van der Waals surface area (Å²) in [6, 6.07) is 16.9. The van der Waals surface area contributed by atoms with Crippen molar-refractivity contribution in [3.8, 4) is 0 Å². The van der Waals surface area contributed by atoms with Gasteiger partial charge in [-0.1, -0.05) is 54.1 Å². The number of aryl methyl sites for hydroxylation is 1. The Morgan fingerprint density at radius 3 is 2.21 bits per heavy atom. The van der Waals surface area contributed by atoms with E-state index in [9.17, 15) is 0 Å². The van der Waals surface area contributed by atoms with Gasteiger partial charge in [0.1, 0.15) is 0 Å². The molecule has 0 atom stereocenters. The first-order chi connectivity index (χ1) is 9.33. The maximum Gasteiger partial charge on any atom is 0.0437 e. The first-order valence-electron chi connectivity index (χ1n) is 6.85. The summed E-state index contributed by atoms with van der Waals surface area (Å²) >= 11 is 6.18. The minimum Gasteiger partial charge on any atom is -0.295 e. The van der Waals surface area contributed by atoms with Gasteiger partial charge in [0.25, 0.3) is 0 Å². The smallest absolute Gasteiger partial charge is 0.0437 e. The summed E-state index contributed by atoms with van der Waals surface area (Å²) in [6.07, 6.45) is 2.23. The fraction of sp³-hybridized carbons (Fsp3) is 0.294. The van der Waals surface area contributed by atoms with Crippen LogP contribution in [-0.4, -0.2) is 11.4 Å². The van der Waals surface area contributed by atoms with E-state index in [-0.39, 0.29) is 0 Å². The Bertz CT molecular complexity index is 540. The van der Waals surface area contributed by atoms with Crippen molar-refractivity contribution in [1.82, 2.24) is 4.90 Å². The average molecular weight is 272 g/mol. The second kappa shape index (κ2) is 5.77. The zero-order valence-corrected chi connectivity index (χ0v) is 11.7. The maximum absolute atomic E-state index is 6.18. The maximum atomic E-state index is 6.18. The zero-order chi connectivity index (χ0) is 13.1. The van der Waals surface area contributed by atoms with Gasteiger partial charge >= 0.3 is 0 Å². The van der Waals surface area contributed by atoms with Gasteiger partial charge in [0, 0.05) is 18.1 Å². The van der Waals surface area contributed by atoms with Crippen molar-refractivity contribution in [2.24, 2.45) is 0 Å². The van der Waals surface area contributed by atoms with Crippen molar-refractivity contribution < 1.29 is 0 Å². The van der Waals surface area contributed by atoms with E-state index in [1.54, 1.807) is 0 Å². The topological polar surface area (TPSA) is 3.24 Å². The number of nitrogens with zero attached hydrogens (tertiary/aromatic N) is 1. The predicted octanol–water partition coefficient (Wildman–Crippen LogP) is 4.29. The molecule has 0 spiro atoms. The van der Waals surface area contributed by atoms with Gasteiger partial charge in [-0.2, -0.15) is 0 Å². The molecule has 2 aromatic carbocycles. The van der Waals surface area contributed by atoms with E-state index < -0.39 is 0 Å². The summed E-state index contributed by atoms with van der Waals surface area (Å²) in [5.74, 6) is 0. The lowest BCUT2D eigenvalue weighted by atomic mass is 10.1. The summed E-state index contributed by atoms with van der Waals surface area (Å²) in [4.78, 5) is 2.52. The van der Waals surface area contributed by atoms with Crippen LogP contribution in [0.3, 0.4) is 0 Å². The molecule has 1 aliphatic heterocycles. The van der Waals surface area contributed by atoms with Crippen LogP contribution in [0.15, 0.2) is 48.5 Å². The molecular formula is C17H18ClN. The van der Waals surface area contributed by atoms with Gasteiger partial charge in [-0.25, -0.2) is 0 Å². The van der Waals surface area contributed by atoms with E-state index in [2.05, 4.69) is 41.3 Å². The second-order valence-electron chi connectivity index (χ2n) is 5.17. The van der Waals surface area contributed by atoms with E-state index in [4.69, 9.17) is 11.6 Å². The molecular weight excluding hydrogens is 254 g/mol. The third kappa shape index (κ3) is 2.99. The van der Waals surface area contributed by atoms with Crippen LogP contribution in [-0.2, 0) is 19.5 Å². The van der Waals surface area contributed by atoms with Gasteiger partial charge in [0.05, 0.1) is 0 Å². The minimum atomic E-state index is 0.896. The fourth-order valence-electron chi connectivity index (χ4n) is 2.76. The average Bonchev–Trinajstić information content (AvgIpc) is 2.83. The third-order valence-corrected chi connectivity index (χ3v) is 4.15. The first kappa shape index (κ1) is 12.7. The SMILES string of the molecule is Clc1ccccc1CCCN1Cc2ccccc2C1. The van der Waals surface area contributed by atoms with E-state index >= 15 is 0 Å². The molecule has 1 heterocycles. The Labute approximate surface area is 119 Å². The van der Waals surface area contributed by atoms with Crippen molar-refractivity contribution in [3.05, 3.63) is 70.2 Å².